The molecule has 0 bridgehead atoms. The van der Waals surface area contributed by atoms with Gasteiger partial charge in [0, 0.05) is 26.1 Å². The fourth-order valence-electron chi connectivity index (χ4n) is 2.84. The van der Waals surface area contributed by atoms with Crippen LogP contribution in [0.1, 0.15) is 51.5 Å². The molecule has 164 valence electrons. The van der Waals surface area contributed by atoms with Gasteiger partial charge in [-0.05, 0) is 57.2 Å². The molecule has 0 heterocycles. The van der Waals surface area contributed by atoms with Crippen molar-refractivity contribution in [3.8, 4) is 11.5 Å². The smallest absolute Gasteiger partial charge is 0.305 e. The zero-order valence-corrected chi connectivity index (χ0v) is 18.4. The SMILES string of the molecule is CCNC(=NCCCc1ccc(OC)c(OCC)c1)NCCCCCC(=O)OC. The Morgan fingerprint density at radius 2 is 1.86 bits per heavy atom. The molecule has 2 N–H and O–H groups in total. The average Bonchev–Trinajstić information content (AvgIpc) is 2.73. The maximum absolute atomic E-state index is 11.1. The summed E-state index contributed by atoms with van der Waals surface area (Å²) in [6, 6.07) is 6.07. The number of ether oxygens (including phenoxy) is 3. The van der Waals surface area contributed by atoms with Gasteiger partial charge in [-0.15, -0.1) is 0 Å². The molecular formula is C22H37N3O4. The van der Waals surface area contributed by atoms with Crippen molar-refractivity contribution in [2.24, 2.45) is 4.99 Å². The molecule has 0 spiro atoms. The van der Waals surface area contributed by atoms with E-state index >= 15 is 0 Å². The van der Waals surface area contributed by atoms with E-state index in [-0.39, 0.29) is 5.97 Å². The number of aryl methyl sites for hydroxylation is 1. The quantitative estimate of drug-likeness (QED) is 0.213. The van der Waals surface area contributed by atoms with E-state index < -0.39 is 0 Å². The van der Waals surface area contributed by atoms with Crippen molar-refractivity contribution in [3.63, 3.8) is 0 Å². The molecule has 0 atom stereocenters. The van der Waals surface area contributed by atoms with Gasteiger partial charge in [0.05, 0.1) is 20.8 Å². The summed E-state index contributed by atoms with van der Waals surface area (Å²) in [4.78, 5) is 15.7. The number of methoxy groups -OCH3 is 2. The maximum Gasteiger partial charge on any atom is 0.305 e. The Morgan fingerprint density at radius 1 is 1.03 bits per heavy atom. The van der Waals surface area contributed by atoms with E-state index in [4.69, 9.17) is 9.47 Å². The predicted octanol–water partition coefficient (Wildman–Crippen LogP) is 3.32. The topological polar surface area (TPSA) is 81.2 Å². The van der Waals surface area contributed by atoms with Gasteiger partial charge in [0.2, 0.25) is 0 Å². The Morgan fingerprint density at radius 3 is 2.55 bits per heavy atom. The van der Waals surface area contributed by atoms with Crippen LogP contribution >= 0.6 is 0 Å². The Kier molecular flexibility index (Phi) is 13.1. The van der Waals surface area contributed by atoms with Crippen molar-refractivity contribution in [2.45, 2.75) is 52.4 Å². The van der Waals surface area contributed by atoms with Gasteiger partial charge in [0.25, 0.3) is 0 Å². The molecule has 0 radical (unpaired) electrons. The van der Waals surface area contributed by atoms with Crippen molar-refractivity contribution in [2.75, 3.05) is 40.5 Å². The number of hydrogen-bond acceptors (Lipinski definition) is 5. The number of unbranched alkanes of at least 4 members (excludes halogenated alkanes) is 2. The first-order valence-electron chi connectivity index (χ1n) is 10.5. The monoisotopic (exact) mass is 407 g/mol. The lowest BCUT2D eigenvalue weighted by molar-refractivity contribution is -0.140. The van der Waals surface area contributed by atoms with Crippen LogP contribution in [0.5, 0.6) is 11.5 Å². The number of hydrogen-bond donors (Lipinski definition) is 2. The fraction of sp³-hybridized carbons (Fsp3) is 0.636. The lowest BCUT2D eigenvalue weighted by Gasteiger charge is -2.12. The summed E-state index contributed by atoms with van der Waals surface area (Å²) >= 11 is 0. The van der Waals surface area contributed by atoms with Crippen LogP contribution in [0.25, 0.3) is 0 Å². The first kappa shape index (κ1) is 24.6. The molecule has 0 saturated heterocycles. The number of nitrogens with zero attached hydrogens (tertiary/aromatic N) is 1. The summed E-state index contributed by atoms with van der Waals surface area (Å²) in [5, 5.41) is 6.62. The van der Waals surface area contributed by atoms with Gasteiger partial charge in [-0.25, -0.2) is 0 Å². The molecule has 0 unspecified atom stereocenters. The van der Waals surface area contributed by atoms with Crippen LogP contribution in [0, 0.1) is 0 Å². The highest BCUT2D eigenvalue weighted by Gasteiger charge is 2.05. The first-order valence-corrected chi connectivity index (χ1v) is 10.5. The van der Waals surface area contributed by atoms with Crippen LogP contribution in [0.15, 0.2) is 23.2 Å². The second-order valence-electron chi connectivity index (χ2n) is 6.60. The molecule has 7 heteroatoms. The zero-order valence-electron chi connectivity index (χ0n) is 18.4. The van der Waals surface area contributed by atoms with Crippen LogP contribution in [0.2, 0.25) is 0 Å². The van der Waals surface area contributed by atoms with Crippen molar-refractivity contribution in [3.05, 3.63) is 23.8 Å². The normalized spacial score (nSPS) is 11.1. The molecule has 0 saturated carbocycles. The first-order chi connectivity index (χ1) is 14.1. The van der Waals surface area contributed by atoms with E-state index in [1.54, 1.807) is 7.11 Å². The van der Waals surface area contributed by atoms with Crippen LogP contribution in [-0.4, -0.2) is 52.4 Å². The number of esters is 1. The second-order valence-corrected chi connectivity index (χ2v) is 6.60. The number of aliphatic imine (C=N–C) groups is 1. The van der Waals surface area contributed by atoms with Crippen molar-refractivity contribution in [1.82, 2.24) is 10.6 Å². The molecule has 29 heavy (non-hydrogen) atoms. The summed E-state index contributed by atoms with van der Waals surface area (Å²) < 4.78 is 15.6. The van der Waals surface area contributed by atoms with E-state index in [1.807, 2.05) is 19.1 Å². The minimum absolute atomic E-state index is 0.141. The lowest BCUT2D eigenvalue weighted by Crippen LogP contribution is -2.37. The highest BCUT2D eigenvalue weighted by molar-refractivity contribution is 5.79. The maximum atomic E-state index is 11.1. The number of nitrogens with one attached hydrogen (secondary N) is 2. The van der Waals surface area contributed by atoms with Gasteiger partial charge in [-0.1, -0.05) is 12.5 Å². The molecule has 0 aromatic heterocycles. The Balaban J connectivity index is 2.36. The minimum Gasteiger partial charge on any atom is -0.493 e. The van der Waals surface area contributed by atoms with Crippen LogP contribution in [0.3, 0.4) is 0 Å². The van der Waals surface area contributed by atoms with Crippen molar-refractivity contribution < 1.29 is 19.0 Å². The van der Waals surface area contributed by atoms with Crippen LogP contribution in [0.4, 0.5) is 0 Å². The molecular weight excluding hydrogens is 370 g/mol. The Labute approximate surface area is 175 Å². The molecule has 0 fully saturated rings. The third-order valence-corrected chi connectivity index (χ3v) is 4.34. The molecule has 1 rings (SSSR count). The van der Waals surface area contributed by atoms with E-state index in [9.17, 15) is 4.79 Å². The van der Waals surface area contributed by atoms with Crippen LogP contribution < -0.4 is 20.1 Å². The average molecular weight is 408 g/mol. The standard InChI is InChI=1S/C22H37N3O4/c1-5-23-22(24-15-9-7-8-12-21(26)28-4)25-16-10-11-18-13-14-19(27-3)20(17-18)29-6-2/h13-14,17H,5-12,15-16H2,1-4H3,(H2,23,24,25). The zero-order chi connectivity index (χ0) is 21.3. The largest absolute Gasteiger partial charge is 0.493 e. The Bertz CT molecular complexity index is 620. The number of carbonyl (C=O) groups is 1. The second kappa shape index (κ2) is 15.5. The number of rotatable bonds is 14. The van der Waals surface area contributed by atoms with Crippen LogP contribution in [-0.2, 0) is 16.0 Å². The molecule has 0 aliphatic carbocycles. The molecule has 0 aliphatic rings. The summed E-state index contributed by atoms with van der Waals surface area (Å²) in [5.74, 6) is 2.25. The van der Waals surface area contributed by atoms with Gasteiger partial charge in [-0.2, -0.15) is 0 Å². The molecule has 0 amide bonds. The van der Waals surface area contributed by atoms with E-state index in [0.29, 0.717) is 13.0 Å². The van der Waals surface area contributed by atoms with Gasteiger partial charge in [-0.3, -0.25) is 9.79 Å². The highest BCUT2D eigenvalue weighted by Crippen LogP contribution is 2.28. The summed E-state index contributed by atoms with van der Waals surface area (Å²) in [6.45, 7) is 7.04. The summed E-state index contributed by atoms with van der Waals surface area (Å²) in [6.07, 6.45) is 5.21. The fourth-order valence-corrected chi connectivity index (χ4v) is 2.84. The summed E-state index contributed by atoms with van der Waals surface area (Å²) in [5.41, 5.74) is 1.22. The van der Waals surface area contributed by atoms with Gasteiger partial charge in [0.1, 0.15) is 0 Å². The van der Waals surface area contributed by atoms with Gasteiger partial charge < -0.3 is 24.8 Å². The Hall–Kier alpha value is -2.44. The van der Waals surface area contributed by atoms with E-state index in [2.05, 4.69) is 33.4 Å². The summed E-state index contributed by atoms with van der Waals surface area (Å²) in [7, 11) is 3.08. The molecule has 1 aromatic rings. The third-order valence-electron chi connectivity index (χ3n) is 4.34. The van der Waals surface area contributed by atoms with E-state index in [0.717, 1.165) is 69.2 Å². The molecule has 1 aromatic carbocycles. The van der Waals surface area contributed by atoms with Gasteiger partial charge in [0.15, 0.2) is 17.5 Å². The molecule has 7 nitrogen and oxygen atoms in total. The van der Waals surface area contributed by atoms with E-state index in [1.165, 1.54) is 12.7 Å². The predicted molar refractivity (Wildman–Crippen MR) is 117 cm³/mol. The van der Waals surface area contributed by atoms with Crippen molar-refractivity contribution >= 4 is 11.9 Å². The number of benzene rings is 1. The number of guanidine groups is 1. The highest BCUT2D eigenvalue weighted by atomic mass is 16.5. The van der Waals surface area contributed by atoms with Crippen molar-refractivity contribution in [1.29, 1.82) is 0 Å². The lowest BCUT2D eigenvalue weighted by atomic mass is 10.1. The van der Waals surface area contributed by atoms with Gasteiger partial charge >= 0.3 is 5.97 Å². The molecule has 0 aliphatic heterocycles. The minimum atomic E-state index is -0.141. The third kappa shape index (κ3) is 10.6. The number of carbonyl (C=O) groups excluding carboxylic acids is 1.